The Hall–Kier alpha value is -0.830. The van der Waals surface area contributed by atoms with E-state index in [1.54, 1.807) is 0 Å². The van der Waals surface area contributed by atoms with Crippen LogP contribution in [0.25, 0.3) is 0 Å². The van der Waals surface area contributed by atoms with E-state index >= 15 is 0 Å². The zero-order chi connectivity index (χ0) is 6.91. The highest BCUT2D eigenvalue weighted by molar-refractivity contribution is 5.87. The minimum absolute atomic E-state index is 0.185. The van der Waals surface area contributed by atoms with Crippen LogP contribution >= 0.6 is 0 Å². The molecule has 9 heavy (non-hydrogen) atoms. The molecule has 0 bridgehead atoms. The predicted octanol–water partition coefficient (Wildman–Crippen LogP) is 0.0350. The van der Waals surface area contributed by atoms with Gasteiger partial charge in [0.1, 0.15) is 0 Å². The molecular weight excluding hydrogens is 118 g/mol. The molecular formula is C6H9NO2. The number of nitrogens with one attached hydrogen (secondary N) is 1. The van der Waals surface area contributed by atoms with Crippen molar-refractivity contribution in [2.24, 2.45) is 0 Å². The smallest absolute Gasteiger partial charge is 0.245 e. The number of hydrogen-bond donors (Lipinski definition) is 1. The average Bonchev–Trinajstić information content (AvgIpc) is 2.48. The molecule has 1 rings (SSSR count). The second-order valence-electron chi connectivity index (χ2n) is 2.21. The highest BCUT2D eigenvalue weighted by Crippen LogP contribution is 2.21. The van der Waals surface area contributed by atoms with E-state index in [9.17, 15) is 4.79 Å². The Kier molecular flexibility index (Phi) is 1.29. The molecule has 1 unspecified atom stereocenters. The van der Waals surface area contributed by atoms with Crippen LogP contribution in [0.4, 0.5) is 0 Å². The van der Waals surface area contributed by atoms with E-state index in [2.05, 4.69) is 11.9 Å². The molecule has 0 radical (unpaired) electrons. The molecule has 1 saturated heterocycles. The lowest BCUT2D eigenvalue weighted by Crippen LogP contribution is -2.33. The Morgan fingerprint density at radius 2 is 2.56 bits per heavy atom. The van der Waals surface area contributed by atoms with Gasteiger partial charge in [-0.25, -0.2) is 0 Å². The first-order valence-corrected chi connectivity index (χ1v) is 2.75. The van der Waals surface area contributed by atoms with E-state index in [0.717, 1.165) is 0 Å². The van der Waals surface area contributed by atoms with Crippen LogP contribution in [0.5, 0.6) is 0 Å². The summed E-state index contributed by atoms with van der Waals surface area (Å²) >= 11 is 0. The summed E-state index contributed by atoms with van der Waals surface area (Å²) in [6.45, 7) is 5.72. The van der Waals surface area contributed by atoms with Gasteiger partial charge in [-0.2, -0.15) is 0 Å². The van der Waals surface area contributed by atoms with E-state index in [4.69, 9.17) is 4.74 Å². The summed E-state index contributed by atoms with van der Waals surface area (Å²) in [6.07, 6.45) is 1.23. The zero-order valence-corrected chi connectivity index (χ0v) is 5.31. The third-order valence-corrected chi connectivity index (χ3v) is 1.15. The van der Waals surface area contributed by atoms with Crippen LogP contribution in [0, 0.1) is 0 Å². The van der Waals surface area contributed by atoms with Gasteiger partial charge in [-0.05, 0) is 13.0 Å². The minimum Gasteiger partial charge on any atom is -0.349 e. The van der Waals surface area contributed by atoms with Crippen LogP contribution in [0.2, 0.25) is 0 Å². The monoisotopic (exact) mass is 127 g/mol. The van der Waals surface area contributed by atoms with Crippen LogP contribution in [-0.2, 0) is 9.53 Å². The second-order valence-corrected chi connectivity index (χ2v) is 2.21. The van der Waals surface area contributed by atoms with Crippen molar-refractivity contribution in [3.63, 3.8) is 0 Å². The number of hydrogen-bond acceptors (Lipinski definition) is 2. The van der Waals surface area contributed by atoms with E-state index in [1.807, 2.05) is 6.92 Å². The van der Waals surface area contributed by atoms with Crippen molar-refractivity contribution in [2.45, 2.75) is 12.6 Å². The fraction of sp³-hybridized carbons (Fsp3) is 0.500. The van der Waals surface area contributed by atoms with Crippen molar-refractivity contribution in [2.75, 3.05) is 6.61 Å². The third-order valence-electron chi connectivity index (χ3n) is 1.15. The molecule has 0 aromatic carbocycles. The fourth-order valence-corrected chi connectivity index (χ4v) is 0.492. The highest BCUT2D eigenvalue weighted by atomic mass is 16.6. The lowest BCUT2D eigenvalue weighted by Gasteiger charge is -2.03. The molecule has 1 fully saturated rings. The van der Waals surface area contributed by atoms with Crippen molar-refractivity contribution in [3.05, 3.63) is 12.7 Å². The van der Waals surface area contributed by atoms with Crippen LogP contribution < -0.4 is 5.32 Å². The Bertz CT molecular complexity index is 149. The molecule has 50 valence electrons. The summed E-state index contributed by atoms with van der Waals surface area (Å²) in [4.78, 5) is 10.6. The molecule has 1 atom stereocenters. The van der Waals surface area contributed by atoms with Crippen LogP contribution in [0.1, 0.15) is 6.92 Å². The summed E-state index contributed by atoms with van der Waals surface area (Å²) in [5.74, 6) is -0.185. The van der Waals surface area contributed by atoms with Crippen molar-refractivity contribution >= 4 is 5.91 Å². The largest absolute Gasteiger partial charge is 0.349 e. The van der Waals surface area contributed by atoms with Crippen LogP contribution in [0.3, 0.4) is 0 Å². The standard InChI is InChI=1S/C6H9NO2/c1-3-5(8)7-6(2)4-9-6/h3H,1,4H2,2H3,(H,7,8). The lowest BCUT2D eigenvalue weighted by atomic mass is 10.4. The lowest BCUT2D eigenvalue weighted by molar-refractivity contribution is -0.118. The first-order chi connectivity index (χ1) is 4.16. The summed E-state index contributed by atoms with van der Waals surface area (Å²) in [7, 11) is 0. The summed E-state index contributed by atoms with van der Waals surface area (Å²) < 4.78 is 4.89. The molecule has 1 aliphatic rings. The highest BCUT2D eigenvalue weighted by Gasteiger charge is 2.40. The molecule has 0 aliphatic carbocycles. The normalized spacial score (nSPS) is 31.2. The molecule has 1 amide bonds. The molecule has 0 saturated carbocycles. The Morgan fingerprint density at radius 3 is 2.89 bits per heavy atom. The molecule has 0 aromatic heterocycles. The van der Waals surface area contributed by atoms with E-state index in [1.165, 1.54) is 6.08 Å². The van der Waals surface area contributed by atoms with Crippen LogP contribution in [-0.4, -0.2) is 18.2 Å². The molecule has 3 nitrogen and oxygen atoms in total. The van der Waals surface area contributed by atoms with Gasteiger partial charge in [0.25, 0.3) is 0 Å². The van der Waals surface area contributed by atoms with Gasteiger partial charge in [0.15, 0.2) is 5.72 Å². The van der Waals surface area contributed by atoms with E-state index < -0.39 is 5.72 Å². The van der Waals surface area contributed by atoms with Gasteiger partial charge >= 0.3 is 0 Å². The van der Waals surface area contributed by atoms with Gasteiger partial charge in [0.2, 0.25) is 5.91 Å². The summed E-state index contributed by atoms with van der Waals surface area (Å²) in [5.41, 5.74) is -0.398. The van der Waals surface area contributed by atoms with E-state index in [0.29, 0.717) is 6.61 Å². The third kappa shape index (κ3) is 1.54. The van der Waals surface area contributed by atoms with E-state index in [-0.39, 0.29) is 5.91 Å². The van der Waals surface area contributed by atoms with Gasteiger partial charge in [-0.1, -0.05) is 6.58 Å². The number of amides is 1. The van der Waals surface area contributed by atoms with Gasteiger partial charge in [-0.3, -0.25) is 4.79 Å². The van der Waals surface area contributed by atoms with Gasteiger partial charge in [-0.15, -0.1) is 0 Å². The molecule has 0 spiro atoms. The topological polar surface area (TPSA) is 41.6 Å². The maximum atomic E-state index is 10.6. The summed E-state index contributed by atoms with van der Waals surface area (Å²) in [6, 6.07) is 0. The Balaban J connectivity index is 2.33. The minimum atomic E-state index is -0.398. The van der Waals surface area contributed by atoms with Crippen LogP contribution in [0.15, 0.2) is 12.7 Å². The number of carbonyl (C=O) groups excluding carboxylic acids is 1. The Labute approximate surface area is 53.7 Å². The SMILES string of the molecule is C=CC(=O)NC1(C)CO1. The molecule has 1 heterocycles. The van der Waals surface area contributed by atoms with Gasteiger partial charge in [0, 0.05) is 0 Å². The van der Waals surface area contributed by atoms with Crippen molar-refractivity contribution in [1.29, 1.82) is 0 Å². The maximum Gasteiger partial charge on any atom is 0.245 e. The molecule has 1 aliphatic heterocycles. The predicted molar refractivity (Wildman–Crippen MR) is 32.7 cm³/mol. The quantitative estimate of drug-likeness (QED) is 0.420. The van der Waals surface area contributed by atoms with Crippen molar-refractivity contribution in [3.8, 4) is 0 Å². The first-order valence-electron chi connectivity index (χ1n) is 2.75. The van der Waals surface area contributed by atoms with Gasteiger partial charge in [0.05, 0.1) is 6.61 Å². The summed E-state index contributed by atoms with van der Waals surface area (Å²) in [5, 5.41) is 2.60. The molecule has 3 heteroatoms. The average molecular weight is 127 g/mol. The molecule has 1 N–H and O–H groups in total. The maximum absolute atomic E-state index is 10.6. The number of ether oxygens (including phenoxy) is 1. The number of carbonyl (C=O) groups is 1. The van der Waals surface area contributed by atoms with Crippen molar-refractivity contribution in [1.82, 2.24) is 5.32 Å². The zero-order valence-electron chi connectivity index (χ0n) is 5.31. The number of epoxide rings is 1. The Morgan fingerprint density at radius 1 is 2.00 bits per heavy atom. The fourth-order valence-electron chi connectivity index (χ4n) is 0.492. The second kappa shape index (κ2) is 1.84. The van der Waals surface area contributed by atoms with Gasteiger partial charge < -0.3 is 10.1 Å². The van der Waals surface area contributed by atoms with Crippen molar-refractivity contribution < 1.29 is 9.53 Å². The molecule has 0 aromatic rings. The number of rotatable bonds is 2. The first kappa shape index (κ1) is 6.29.